The van der Waals surface area contributed by atoms with Gasteiger partial charge in [0.15, 0.2) is 0 Å². The Morgan fingerprint density at radius 2 is 1.89 bits per heavy atom. The first kappa shape index (κ1) is 14.3. The highest BCUT2D eigenvalue weighted by molar-refractivity contribution is 5.35. The van der Waals surface area contributed by atoms with Gasteiger partial charge in [0.2, 0.25) is 0 Å². The average molecular weight is 273 g/mol. The average Bonchev–Trinajstić information content (AvgIpc) is 2.32. The number of hydrogen-bond acceptors (Lipinski definition) is 2. The van der Waals surface area contributed by atoms with Crippen molar-refractivity contribution in [1.29, 1.82) is 0 Å². The molecule has 0 saturated heterocycles. The van der Waals surface area contributed by atoms with Crippen LogP contribution in [0, 0.1) is 0 Å². The molecule has 1 aromatic carbocycles. The molecule has 2 rings (SSSR count). The van der Waals surface area contributed by atoms with Gasteiger partial charge in [0.05, 0.1) is 17.2 Å². The third kappa shape index (κ3) is 2.49. The van der Waals surface area contributed by atoms with E-state index in [9.17, 15) is 13.2 Å². The highest BCUT2D eigenvalue weighted by Crippen LogP contribution is 2.47. The summed E-state index contributed by atoms with van der Waals surface area (Å²) in [6, 6.07) is 5.27. The van der Waals surface area contributed by atoms with Crippen LogP contribution in [0.5, 0.6) is 0 Å². The summed E-state index contributed by atoms with van der Waals surface area (Å²) in [7, 11) is 3.25. The van der Waals surface area contributed by atoms with Crippen LogP contribution in [0.15, 0.2) is 24.3 Å². The Bertz CT molecular complexity index is 435. The molecular formula is C14H18F3NO. The number of alkyl halides is 3. The van der Waals surface area contributed by atoms with E-state index in [-0.39, 0.29) is 5.56 Å². The van der Waals surface area contributed by atoms with Crippen molar-refractivity contribution in [3.05, 3.63) is 35.4 Å². The number of methoxy groups -OCH3 is 1. The molecule has 0 bridgehead atoms. The standard InChI is InChI=1S/C14H18F3NO/c1-18-12(13(19-2)8-5-9-13)10-6-3-4-7-11(10)14(15,16)17/h3-4,6-7,12,18H,5,8-9H2,1-2H3. The molecule has 0 heterocycles. The molecule has 1 fully saturated rings. The summed E-state index contributed by atoms with van der Waals surface area (Å²) in [6.45, 7) is 0. The first-order valence-corrected chi connectivity index (χ1v) is 6.33. The van der Waals surface area contributed by atoms with Crippen LogP contribution in [0.4, 0.5) is 13.2 Å². The molecule has 1 saturated carbocycles. The van der Waals surface area contributed by atoms with Crippen LogP contribution in [0.25, 0.3) is 0 Å². The number of benzene rings is 1. The Morgan fingerprint density at radius 3 is 2.32 bits per heavy atom. The molecule has 1 aromatic rings. The zero-order chi connectivity index (χ0) is 14.1. The van der Waals surface area contributed by atoms with Gasteiger partial charge in [-0.05, 0) is 37.9 Å². The van der Waals surface area contributed by atoms with Gasteiger partial charge in [-0.1, -0.05) is 18.2 Å². The van der Waals surface area contributed by atoms with E-state index >= 15 is 0 Å². The quantitative estimate of drug-likeness (QED) is 0.906. The second-order valence-corrected chi connectivity index (χ2v) is 4.93. The van der Waals surface area contributed by atoms with Crippen LogP contribution in [-0.4, -0.2) is 19.8 Å². The number of hydrogen-bond donors (Lipinski definition) is 1. The molecular weight excluding hydrogens is 255 g/mol. The van der Waals surface area contributed by atoms with E-state index in [0.717, 1.165) is 25.3 Å². The van der Waals surface area contributed by atoms with E-state index in [0.29, 0.717) is 0 Å². The fraction of sp³-hybridized carbons (Fsp3) is 0.571. The number of nitrogens with one attached hydrogen (secondary N) is 1. The second-order valence-electron chi connectivity index (χ2n) is 4.93. The first-order valence-electron chi connectivity index (χ1n) is 6.33. The van der Waals surface area contributed by atoms with E-state index < -0.39 is 23.4 Å². The van der Waals surface area contributed by atoms with Crippen molar-refractivity contribution in [2.75, 3.05) is 14.2 Å². The summed E-state index contributed by atoms with van der Waals surface area (Å²) in [5, 5.41) is 3.00. The zero-order valence-electron chi connectivity index (χ0n) is 11.1. The SMILES string of the molecule is CNC(c1ccccc1C(F)(F)F)C1(OC)CCC1. The molecule has 0 amide bonds. The minimum absolute atomic E-state index is 0.263. The van der Waals surface area contributed by atoms with Gasteiger partial charge in [-0.3, -0.25) is 0 Å². The van der Waals surface area contributed by atoms with Gasteiger partial charge in [0.1, 0.15) is 0 Å². The lowest BCUT2D eigenvalue weighted by Crippen LogP contribution is -2.50. The van der Waals surface area contributed by atoms with Gasteiger partial charge < -0.3 is 10.1 Å². The summed E-state index contributed by atoms with van der Waals surface area (Å²) < 4.78 is 44.8. The first-order chi connectivity index (χ1) is 8.94. The molecule has 1 atom stereocenters. The predicted molar refractivity (Wildman–Crippen MR) is 66.8 cm³/mol. The maximum Gasteiger partial charge on any atom is 0.416 e. The van der Waals surface area contributed by atoms with Crippen LogP contribution >= 0.6 is 0 Å². The molecule has 0 aromatic heterocycles. The lowest BCUT2D eigenvalue weighted by Gasteiger charge is -2.47. The van der Waals surface area contributed by atoms with Gasteiger partial charge in [-0.15, -0.1) is 0 Å². The topological polar surface area (TPSA) is 21.3 Å². The van der Waals surface area contributed by atoms with Gasteiger partial charge in [0, 0.05) is 7.11 Å². The van der Waals surface area contributed by atoms with E-state index in [1.54, 1.807) is 20.2 Å². The van der Waals surface area contributed by atoms with E-state index in [1.165, 1.54) is 12.1 Å². The third-order valence-corrected chi connectivity index (χ3v) is 4.00. The molecule has 0 radical (unpaired) electrons. The van der Waals surface area contributed by atoms with Crippen LogP contribution in [0.2, 0.25) is 0 Å². The Balaban J connectivity index is 2.44. The van der Waals surface area contributed by atoms with Crippen LogP contribution in [0.3, 0.4) is 0 Å². The van der Waals surface area contributed by atoms with Gasteiger partial charge >= 0.3 is 6.18 Å². The van der Waals surface area contributed by atoms with Gasteiger partial charge in [-0.2, -0.15) is 13.2 Å². The zero-order valence-corrected chi connectivity index (χ0v) is 11.1. The molecule has 19 heavy (non-hydrogen) atoms. The number of halogens is 3. The van der Waals surface area contributed by atoms with Crippen molar-refractivity contribution in [2.45, 2.75) is 37.1 Å². The maximum absolute atomic E-state index is 13.1. The summed E-state index contributed by atoms with van der Waals surface area (Å²) in [5.41, 5.74) is -0.840. The maximum atomic E-state index is 13.1. The summed E-state index contributed by atoms with van der Waals surface area (Å²) in [6.07, 6.45) is -1.80. The third-order valence-electron chi connectivity index (χ3n) is 4.00. The molecule has 0 aliphatic heterocycles. The second kappa shape index (κ2) is 5.13. The monoisotopic (exact) mass is 273 g/mol. The van der Waals surface area contributed by atoms with Gasteiger partial charge in [-0.25, -0.2) is 0 Å². The smallest absolute Gasteiger partial charge is 0.376 e. The largest absolute Gasteiger partial charge is 0.416 e. The molecule has 1 aliphatic carbocycles. The van der Waals surface area contributed by atoms with Crippen molar-refractivity contribution < 1.29 is 17.9 Å². The van der Waals surface area contributed by atoms with Gasteiger partial charge in [0.25, 0.3) is 0 Å². The fourth-order valence-electron chi connectivity index (χ4n) is 2.84. The summed E-state index contributed by atoms with van der Waals surface area (Å²) >= 11 is 0. The predicted octanol–water partition coefficient (Wildman–Crippen LogP) is 3.54. The fourth-order valence-corrected chi connectivity index (χ4v) is 2.84. The molecule has 1 unspecified atom stereocenters. The Morgan fingerprint density at radius 1 is 1.26 bits per heavy atom. The van der Waals surface area contributed by atoms with E-state index in [1.807, 2.05) is 0 Å². The van der Waals surface area contributed by atoms with Crippen molar-refractivity contribution in [2.24, 2.45) is 0 Å². The van der Waals surface area contributed by atoms with E-state index in [4.69, 9.17) is 4.74 Å². The number of ether oxygens (including phenoxy) is 1. The molecule has 1 aliphatic rings. The minimum atomic E-state index is -4.34. The number of rotatable bonds is 4. The molecule has 1 N–H and O–H groups in total. The Kier molecular flexibility index (Phi) is 3.87. The molecule has 106 valence electrons. The highest BCUT2D eigenvalue weighted by Gasteiger charge is 2.47. The van der Waals surface area contributed by atoms with E-state index in [2.05, 4.69) is 5.32 Å². The molecule has 2 nitrogen and oxygen atoms in total. The Hall–Kier alpha value is -1.07. The van der Waals surface area contributed by atoms with Crippen LogP contribution in [0.1, 0.15) is 36.4 Å². The summed E-state index contributed by atoms with van der Waals surface area (Å²) in [5.74, 6) is 0. The lowest BCUT2D eigenvalue weighted by atomic mass is 9.71. The van der Waals surface area contributed by atoms with Crippen LogP contribution in [-0.2, 0) is 10.9 Å². The highest BCUT2D eigenvalue weighted by atomic mass is 19.4. The van der Waals surface area contributed by atoms with Crippen molar-refractivity contribution in [1.82, 2.24) is 5.32 Å². The normalized spacial score (nSPS) is 19.8. The molecule has 0 spiro atoms. The van der Waals surface area contributed by atoms with Crippen molar-refractivity contribution in [3.8, 4) is 0 Å². The lowest BCUT2D eigenvalue weighted by molar-refractivity contribution is -0.141. The van der Waals surface area contributed by atoms with Crippen LogP contribution < -0.4 is 5.32 Å². The van der Waals surface area contributed by atoms with Crippen molar-refractivity contribution in [3.63, 3.8) is 0 Å². The minimum Gasteiger partial charge on any atom is -0.376 e. The Labute approximate surface area is 111 Å². The van der Waals surface area contributed by atoms with Crippen molar-refractivity contribution >= 4 is 0 Å². The summed E-state index contributed by atoms with van der Waals surface area (Å²) in [4.78, 5) is 0. The number of likely N-dealkylation sites (N-methyl/N-ethyl adjacent to an activating group) is 1. The molecule has 5 heteroatoms.